The van der Waals surface area contributed by atoms with Crippen molar-refractivity contribution in [3.63, 3.8) is 0 Å². The molecule has 1 N–H and O–H groups in total. The van der Waals surface area contributed by atoms with Gasteiger partial charge < -0.3 is 14.9 Å². The van der Waals surface area contributed by atoms with E-state index in [1.54, 1.807) is 7.05 Å². The molecular weight excluding hydrogens is 325 g/mol. The summed E-state index contributed by atoms with van der Waals surface area (Å²) in [6.45, 7) is 0.697. The summed E-state index contributed by atoms with van der Waals surface area (Å²) in [7, 11) is 1.61. The molecule has 0 atom stereocenters. The zero-order chi connectivity index (χ0) is 17.9. The number of hydrogen-bond acceptors (Lipinski definition) is 2. The molecule has 1 aliphatic rings. The van der Waals surface area contributed by atoms with Crippen molar-refractivity contribution in [3.8, 4) is 0 Å². The third-order valence-corrected chi connectivity index (χ3v) is 4.29. The van der Waals surface area contributed by atoms with Gasteiger partial charge in [-0.05, 0) is 24.5 Å². The first-order valence-corrected chi connectivity index (χ1v) is 7.58. The Kier molecular flexibility index (Phi) is 5.36. The minimum atomic E-state index is -4.44. The van der Waals surface area contributed by atoms with Crippen molar-refractivity contribution in [3.05, 3.63) is 35.4 Å². The van der Waals surface area contributed by atoms with Gasteiger partial charge in [0.1, 0.15) is 0 Å². The first kappa shape index (κ1) is 18.1. The molecule has 1 aliphatic heterocycles. The minimum absolute atomic E-state index is 0.0982. The smallest absolute Gasteiger partial charge is 0.416 e. The van der Waals surface area contributed by atoms with Crippen molar-refractivity contribution < 1.29 is 27.9 Å². The third-order valence-electron chi connectivity index (χ3n) is 4.29. The molecule has 0 aliphatic carbocycles. The van der Waals surface area contributed by atoms with Crippen LogP contribution in [0.1, 0.15) is 24.0 Å². The first-order chi connectivity index (χ1) is 11.2. The van der Waals surface area contributed by atoms with E-state index in [2.05, 4.69) is 0 Å². The van der Waals surface area contributed by atoms with Gasteiger partial charge in [-0.2, -0.15) is 13.2 Å². The summed E-state index contributed by atoms with van der Waals surface area (Å²) in [5.74, 6) is -0.275. The molecule has 5 nitrogen and oxygen atoms in total. The van der Waals surface area contributed by atoms with Gasteiger partial charge in [0.05, 0.1) is 12.0 Å². The number of hydrogen-bond donors (Lipinski definition) is 1. The van der Waals surface area contributed by atoms with Gasteiger partial charge in [0.25, 0.3) is 0 Å². The average molecular weight is 344 g/mol. The normalized spacial score (nSPS) is 16.1. The zero-order valence-corrected chi connectivity index (χ0v) is 13.2. The Morgan fingerprint density at radius 3 is 2.46 bits per heavy atom. The van der Waals surface area contributed by atoms with E-state index in [0.29, 0.717) is 31.5 Å². The van der Waals surface area contributed by atoms with Crippen LogP contribution >= 0.6 is 0 Å². The van der Waals surface area contributed by atoms with Crippen LogP contribution in [0.3, 0.4) is 0 Å². The van der Waals surface area contributed by atoms with Crippen molar-refractivity contribution in [2.75, 3.05) is 20.1 Å². The van der Waals surface area contributed by atoms with E-state index >= 15 is 0 Å². The molecule has 2 rings (SSSR count). The third kappa shape index (κ3) is 4.39. The molecule has 1 heterocycles. The fraction of sp³-hybridized carbons (Fsp3) is 0.500. The molecule has 0 saturated carbocycles. The maximum absolute atomic E-state index is 12.7. The number of likely N-dealkylation sites (N-methyl/N-ethyl adjacent to an activating group) is 1. The lowest BCUT2D eigenvalue weighted by atomic mass is 10.0. The molecule has 24 heavy (non-hydrogen) atoms. The highest BCUT2D eigenvalue weighted by atomic mass is 19.4. The SMILES string of the molecule is CN(C(=O)Cc1cccc(C(F)(F)F)c1)C1CCN(C(=O)O)CC1. The summed E-state index contributed by atoms with van der Waals surface area (Å²) >= 11 is 0. The fourth-order valence-corrected chi connectivity index (χ4v) is 2.81. The fourth-order valence-electron chi connectivity index (χ4n) is 2.81. The van der Waals surface area contributed by atoms with Crippen LogP contribution in [0.25, 0.3) is 0 Å². The molecule has 1 saturated heterocycles. The molecule has 0 radical (unpaired) electrons. The number of carbonyl (C=O) groups is 2. The predicted molar refractivity (Wildman–Crippen MR) is 80.5 cm³/mol. The minimum Gasteiger partial charge on any atom is -0.465 e. The molecule has 0 aromatic heterocycles. The number of alkyl halides is 3. The van der Waals surface area contributed by atoms with Crippen LogP contribution in [-0.2, 0) is 17.4 Å². The topological polar surface area (TPSA) is 60.9 Å². The lowest BCUT2D eigenvalue weighted by molar-refractivity contribution is -0.138. The van der Waals surface area contributed by atoms with Gasteiger partial charge in [-0.1, -0.05) is 18.2 Å². The standard InChI is InChI=1S/C16H19F3N2O3/c1-20(13-5-7-21(8-6-13)15(23)24)14(22)10-11-3-2-4-12(9-11)16(17,18)19/h2-4,9,13H,5-8,10H2,1H3,(H,23,24). The molecule has 0 unspecified atom stereocenters. The van der Waals surface area contributed by atoms with Gasteiger partial charge in [-0.25, -0.2) is 4.79 Å². The van der Waals surface area contributed by atoms with E-state index in [-0.39, 0.29) is 18.4 Å². The molecular formula is C16H19F3N2O3. The highest BCUT2D eigenvalue weighted by molar-refractivity contribution is 5.79. The molecule has 8 heteroatoms. The van der Waals surface area contributed by atoms with Crippen molar-refractivity contribution in [1.82, 2.24) is 9.80 Å². The summed E-state index contributed by atoms with van der Waals surface area (Å²) in [6, 6.07) is 4.64. The Bertz CT molecular complexity index is 611. The Morgan fingerprint density at radius 2 is 1.92 bits per heavy atom. The quantitative estimate of drug-likeness (QED) is 0.917. The van der Waals surface area contributed by atoms with E-state index in [1.807, 2.05) is 0 Å². The number of benzene rings is 1. The van der Waals surface area contributed by atoms with E-state index < -0.39 is 17.8 Å². The van der Waals surface area contributed by atoms with Crippen LogP contribution < -0.4 is 0 Å². The van der Waals surface area contributed by atoms with E-state index in [4.69, 9.17) is 5.11 Å². The van der Waals surface area contributed by atoms with Crippen molar-refractivity contribution in [1.29, 1.82) is 0 Å². The summed E-state index contributed by atoms with van der Waals surface area (Å²) in [5, 5.41) is 8.91. The number of amides is 2. The Hall–Kier alpha value is -2.25. The van der Waals surface area contributed by atoms with Gasteiger partial charge in [0.2, 0.25) is 5.91 Å². The highest BCUT2D eigenvalue weighted by Gasteiger charge is 2.31. The van der Waals surface area contributed by atoms with Gasteiger partial charge in [-0.15, -0.1) is 0 Å². The van der Waals surface area contributed by atoms with Crippen LogP contribution in [0.5, 0.6) is 0 Å². The number of halogens is 3. The monoisotopic (exact) mass is 344 g/mol. The largest absolute Gasteiger partial charge is 0.465 e. The number of piperidine rings is 1. The van der Waals surface area contributed by atoms with Crippen LogP contribution in [0.2, 0.25) is 0 Å². The number of likely N-dealkylation sites (tertiary alicyclic amines) is 1. The number of carbonyl (C=O) groups excluding carboxylic acids is 1. The zero-order valence-electron chi connectivity index (χ0n) is 13.2. The molecule has 0 spiro atoms. The molecule has 1 aromatic rings. The van der Waals surface area contributed by atoms with E-state index in [1.165, 1.54) is 21.9 Å². The lowest BCUT2D eigenvalue weighted by Gasteiger charge is -2.35. The van der Waals surface area contributed by atoms with Crippen LogP contribution in [0, 0.1) is 0 Å². The number of rotatable bonds is 3. The molecule has 1 fully saturated rings. The van der Waals surface area contributed by atoms with Gasteiger partial charge >= 0.3 is 12.3 Å². The molecule has 1 aromatic carbocycles. The lowest BCUT2D eigenvalue weighted by Crippen LogP contribution is -2.47. The first-order valence-electron chi connectivity index (χ1n) is 7.58. The molecule has 132 valence electrons. The van der Waals surface area contributed by atoms with Gasteiger partial charge in [0, 0.05) is 26.2 Å². The van der Waals surface area contributed by atoms with E-state index in [9.17, 15) is 22.8 Å². The van der Waals surface area contributed by atoms with Crippen molar-refractivity contribution in [2.24, 2.45) is 0 Å². The van der Waals surface area contributed by atoms with Crippen LogP contribution in [-0.4, -0.2) is 53.1 Å². The van der Waals surface area contributed by atoms with Crippen LogP contribution in [0.15, 0.2) is 24.3 Å². The summed E-state index contributed by atoms with van der Waals surface area (Å²) in [6.07, 6.45) is -4.48. The number of carboxylic acid groups (broad SMARTS) is 1. The van der Waals surface area contributed by atoms with Crippen LogP contribution in [0.4, 0.5) is 18.0 Å². The second kappa shape index (κ2) is 7.11. The van der Waals surface area contributed by atoms with Gasteiger partial charge in [-0.3, -0.25) is 4.79 Å². The Labute approximate surface area is 137 Å². The summed E-state index contributed by atoms with van der Waals surface area (Å²) in [4.78, 5) is 26.0. The number of nitrogens with zero attached hydrogens (tertiary/aromatic N) is 2. The maximum Gasteiger partial charge on any atom is 0.416 e. The summed E-state index contributed by atoms with van der Waals surface area (Å²) in [5.41, 5.74) is -0.463. The van der Waals surface area contributed by atoms with Gasteiger partial charge in [0.15, 0.2) is 0 Å². The Morgan fingerprint density at radius 1 is 1.29 bits per heavy atom. The molecule has 0 bridgehead atoms. The molecule has 2 amide bonds. The predicted octanol–water partition coefficient (Wildman–Crippen LogP) is 2.85. The second-order valence-corrected chi connectivity index (χ2v) is 5.88. The summed E-state index contributed by atoms with van der Waals surface area (Å²) < 4.78 is 38.1. The van der Waals surface area contributed by atoms with E-state index in [0.717, 1.165) is 12.1 Å². The van der Waals surface area contributed by atoms with Crippen molar-refractivity contribution >= 4 is 12.0 Å². The van der Waals surface area contributed by atoms with Crippen molar-refractivity contribution in [2.45, 2.75) is 31.5 Å². The average Bonchev–Trinajstić information content (AvgIpc) is 2.53. The second-order valence-electron chi connectivity index (χ2n) is 5.88. The Balaban J connectivity index is 1.96. The maximum atomic E-state index is 12.7. The highest BCUT2D eigenvalue weighted by Crippen LogP contribution is 2.29.